The summed E-state index contributed by atoms with van der Waals surface area (Å²) in [5.74, 6) is -2.40. The van der Waals surface area contributed by atoms with E-state index in [-0.39, 0.29) is 11.1 Å². The van der Waals surface area contributed by atoms with Crippen molar-refractivity contribution in [3.8, 4) is 0 Å². The highest BCUT2D eigenvalue weighted by molar-refractivity contribution is 5.77. The average molecular weight is 223 g/mol. The smallest absolute Gasteiger partial charge is 0.325 e. The van der Waals surface area contributed by atoms with E-state index in [9.17, 15) is 9.59 Å². The van der Waals surface area contributed by atoms with Gasteiger partial charge in [0.15, 0.2) is 0 Å². The van der Waals surface area contributed by atoms with Crippen LogP contribution in [0.25, 0.3) is 0 Å². The van der Waals surface area contributed by atoms with E-state index in [2.05, 4.69) is 6.07 Å². The molecule has 0 heterocycles. The number of carbonyl (C=O) groups is 2. The first-order chi connectivity index (χ1) is 7.43. The zero-order valence-corrected chi connectivity index (χ0v) is 8.25. The SMILES string of the molecule is NC(C(=O)O)c1c[c]cc(C(N)C(=O)O)c1. The van der Waals surface area contributed by atoms with Gasteiger partial charge in [0.25, 0.3) is 0 Å². The molecular weight excluding hydrogens is 212 g/mol. The van der Waals surface area contributed by atoms with Crippen LogP contribution in [0.3, 0.4) is 0 Å². The molecule has 6 N–H and O–H groups in total. The second-order valence-electron chi connectivity index (χ2n) is 3.23. The maximum atomic E-state index is 10.6. The molecule has 2 atom stereocenters. The number of carboxylic acids is 2. The van der Waals surface area contributed by atoms with Gasteiger partial charge in [-0.2, -0.15) is 0 Å². The second kappa shape index (κ2) is 4.73. The molecule has 0 aromatic heterocycles. The molecule has 6 heteroatoms. The first-order valence-electron chi connectivity index (χ1n) is 4.41. The van der Waals surface area contributed by atoms with Crippen LogP contribution in [0.15, 0.2) is 18.2 Å². The number of aliphatic carboxylic acids is 2. The summed E-state index contributed by atoms with van der Waals surface area (Å²) in [6.45, 7) is 0. The van der Waals surface area contributed by atoms with E-state index in [0.29, 0.717) is 0 Å². The molecule has 1 aromatic rings. The van der Waals surface area contributed by atoms with Gasteiger partial charge in [-0.05, 0) is 29.3 Å². The quantitative estimate of drug-likeness (QED) is 0.552. The van der Waals surface area contributed by atoms with Crippen molar-refractivity contribution in [2.24, 2.45) is 11.5 Å². The van der Waals surface area contributed by atoms with E-state index in [1.807, 2.05) is 0 Å². The highest BCUT2D eigenvalue weighted by Crippen LogP contribution is 2.16. The Labute approximate surface area is 91.5 Å². The fraction of sp³-hybridized carbons (Fsp3) is 0.200. The van der Waals surface area contributed by atoms with Gasteiger partial charge >= 0.3 is 11.9 Å². The Bertz CT molecular complexity index is 384. The van der Waals surface area contributed by atoms with Crippen LogP contribution in [-0.2, 0) is 9.59 Å². The highest BCUT2D eigenvalue weighted by atomic mass is 16.4. The predicted octanol–water partition coefficient (Wildman–Crippen LogP) is -0.344. The fourth-order valence-corrected chi connectivity index (χ4v) is 1.15. The number of nitrogens with two attached hydrogens (primary N) is 2. The number of rotatable bonds is 4. The van der Waals surface area contributed by atoms with E-state index < -0.39 is 24.0 Å². The monoisotopic (exact) mass is 223 g/mol. The van der Waals surface area contributed by atoms with Crippen molar-refractivity contribution >= 4 is 11.9 Å². The number of benzene rings is 1. The van der Waals surface area contributed by atoms with Crippen molar-refractivity contribution in [1.29, 1.82) is 0 Å². The van der Waals surface area contributed by atoms with Crippen LogP contribution in [0.1, 0.15) is 23.2 Å². The van der Waals surface area contributed by atoms with E-state index >= 15 is 0 Å². The normalized spacial score (nSPS) is 14.1. The van der Waals surface area contributed by atoms with Gasteiger partial charge in [-0.1, -0.05) is 6.07 Å². The Hall–Kier alpha value is -1.92. The van der Waals surface area contributed by atoms with Crippen molar-refractivity contribution in [3.63, 3.8) is 0 Å². The Morgan fingerprint density at radius 2 is 1.44 bits per heavy atom. The molecule has 0 fully saturated rings. The Morgan fingerprint density at radius 3 is 1.75 bits per heavy atom. The summed E-state index contributed by atoms with van der Waals surface area (Å²) in [4.78, 5) is 21.3. The van der Waals surface area contributed by atoms with Crippen molar-refractivity contribution in [2.75, 3.05) is 0 Å². The summed E-state index contributed by atoms with van der Waals surface area (Å²) < 4.78 is 0. The van der Waals surface area contributed by atoms with E-state index in [4.69, 9.17) is 21.7 Å². The Kier molecular flexibility index (Phi) is 3.60. The van der Waals surface area contributed by atoms with Crippen molar-refractivity contribution in [3.05, 3.63) is 35.4 Å². The molecule has 0 saturated heterocycles. The number of hydrogen-bond acceptors (Lipinski definition) is 4. The van der Waals surface area contributed by atoms with Crippen LogP contribution < -0.4 is 11.5 Å². The molecule has 0 amide bonds. The van der Waals surface area contributed by atoms with E-state index in [1.165, 1.54) is 18.2 Å². The van der Waals surface area contributed by atoms with Crippen LogP contribution in [0.2, 0.25) is 0 Å². The molecule has 0 aliphatic rings. The molecule has 85 valence electrons. The molecule has 6 nitrogen and oxygen atoms in total. The van der Waals surface area contributed by atoms with E-state index in [1.54, 1.807) is 0 Å². The van der Waals surface area contributed by atoms with Crippen molar-refractivity contribution < 1.29 is 19.8 Å². The minimum absolute atomic E-state index is 0.265. The number of hydrogen-bond donors (Lipinski definition) is 4. The maximum Gasteiger partial charge on any atom is 0.325 e. The average Bonchev–Trinajstić information content (AvgIpc) is 2.26. The first-order valence-corrected chi connectivity index (χ1v) is 4.41. The standard InChI is InChI=1S/C10H11N2O4/c11-7(9(13)14)5-2-1-3-6(4-5)8(12)10(15)16/h2-4,7-8H,11-12H2,(H,13,14)(H,15,16). The molecule has 0 aliphatic heterocycles. The minimum atomic E-state index is -1.21. The van der Waals surface area contributed by atoms with Gasteiger partial charge in [-0.15, -0.1) is 0 Å². The Balaban J connectivity index is 3.04. The summed E-state index contributed by atoms with van der Waals surface area (Å²) in [5.41, 5.74) is 11.3. The molecule has 16 heavy (non-hydrogen) atoms. The zero-order chi connectivity index (χ0) is 12.3. The van der Waals surface area contributed by atoms with Crippen LogP contribution in [0, 0.1) is 6.07 Å². The van der Waals surface area contributed by atoms with Crippen molar-refractivity contribution in [1.82, 2.24) is 0 Å². The molecule has 0 saturated carbocycles. The lowest BCUT2D eigenvalue weighted by Gasteiger charge is -2.11. The highest BCUT2D eigenvalue weighted by Gasteiger charge is 2.18. The van der Waals surface area contributed by atoms with Gasteiger partial charge in [-0.3, -0.25) is 9.59 Å². The molecule has 1 rings (SSSR count). The number of carboxylic acid groups (broad SMARTS) is 2. The summed E-state index contributed by atoms with van der Waals surface area (Å²) in [6, 6.07) is 4.32. The van der Waals surface area contributed by atoms with Gasteiger partial charge in [-0.25, -0.2) is 0 Å². The zero-order valence-electron chi connectivity index (χ0n) is 8.25. The topological polar surface area (TPSA) is 127 Å². The third kappa shape index (κ3) is 2.56. The van der Waals surface area contributed by atoms with Crippen molar-refractivity contribution in [2.45, 2.75) is 12.1 Å². The maximum absolute atomic E-state index is 10.6. The lowest BCUT2D eigenvalue weighted by atomic mass is 10.0. The summed E-state index contributed by atoms with van der Waals surface area (Å²) in [6.07, 6.45) is 0. The third-order valence-electron chi connectivity index (χ3n) is 2.08. The molecule has 2 unspecified atom stereocenters. The summed E-state index contributed by atoms with van der Waals surface area (Å²) in [5, 5.41) is 17.4. The van der Waals surface area contributed by atoms with Gasteiger partial charge in [0.2, 0.25) is 0 Å². The van der Waals surface area contributed by atoms with Crippen LogP contribution in [0.5, 0.6) is 0 Å². The van der Waals surface area contributed by atoms with Crippen LogP contribution in [-0.4, -0.2) is 22.2 Å². The van der Waals surface area contributed by atoms with Gasteiger partial charge in [0.1, 0.15) is 12.1 Å². The van der Waals surface area contributed by atoms with Gasteiger partial charge in [0.05, 0.1) is 0 Å². The van der Waals surface area contributed by atoms with Crippen LogP contribution >= 0.6 is 0 Å². The molecular formula is C10H11N2O4. The molecule has 0 spiro atoms. The molecule has 1 aromatic carbocycles. The summed E-state index contributed by atoms with van der Waals surface area (Å²) >= 11 is 0. The summed E-state index contributed by atoms with van der Waals surface area (Å²) in [7, 11) is 0. The third-order valence-corrected chi connectivity index (χ3v) is 2.08. The van der Waals surface area contributed by atoms with Gasteiger partial charge < -0.3 is 21.7 Å². The largest absolute Gasteiger partial charge is 0.480 e. The minimum Gasteiger partial charge on any atom is -0.480 e. The fourth-order valence-electron chi connectivity index (χ4n) is 1.15. The van der Waals surface area contributed by atoms with Crippen LogP contribution in [0.4, 0.5) is 0 Å². The lowest BCUT2D eigenvalue weighted by molar-refractivity contribution is -0.139. The Morgan fingerprint density at radius 1 is 1.06 bits per heavy atom. The molecule has 0 aliphatic carbocycles. The van der Waals surface area contributed by atoms with Gasteiger partial charge in [0, 0.05) is 0 Å². The molecule has 0 bridgehead atoms. The lowest BCUT2D eigenvalue weighted by Crippen LogP contribution is -2.23. The molecule has 1 radical (unpaired) electrons. The first kappa shape index (κ1) is 12.2. The van der Waals surface area contributed by atoms with E-state index in [0.717, 1.165) is 0 Å². The second-order valence-corrected chi connectivity index (χ2v) is 3.23. The predicted molar refractivity (Wildman–Crippen MR) is 54.4 cm³/mol.